The van der Waals surface area contributed by atoms with Crippen molar-refractivity contribution in [2.24, 2.45) is 5.73 Å². The Morgan fingerprint density at radius 3 is 2.44 bits per heavy atom. The summed E-state index contributed by atoms with van der Waals surface area (Å²) < 4.78 is 1.06. The molecule has 0 amide bonds. The summed E-state index contributed by atoms with van der Waals surface area (Å²) in [5.74, 6) is 0. The van der Waals surface area contributed by atoms with Gasteiger partial charge in [-0.1, -0.05) is 34.1 Å². The van der Waals surface area contributed by atoms with Crippen molar-refractivity contribution in [3.8, 4) is 0 Å². The highest BCUT2D eigenvalue weighted by molar-refractivity contribution is 9.10. The van der Waals surface area contributed by atoms with Gasteiger partial charge in [-0.05, 0) is 41.5 Å². The second-order valence-electron chi connectivity index (χ2n) is 4.05. The van der Waals surface area contributed by atoms with Crippen LogP contribution in [0.5, 0.6) is 0 Å². The molecule has 3 N–H and O–H groups in total. The van der Waals surface area contributed by atoms with Crippen LogP contribution < -0.4 is 5.73 Å². The van der Waals surface area contributed by atoms with Crippen molar-refractivity contribution in [3.05, 3.63) is 46.4 Å². The van der Waals surface area contributed by atoms with Crippen molar-refractivity contribution < 1.29 is 5.11 Å². The highest BCUT2D eigenvalue weighted by Crippen LogP contribution is 2.24. The first-order valence-corrected chi connectivity index (χ1v) is 6.00. The maximum atomic E-state index is 9.88. The van der Waals surface area contributed by atoms with Crippen molar-refractivity contribution in [3.63, 3.8) is 0 Å². The van der Waals surface area contributed by atoms with Crippen LogP contribution in [0.3, 0.4) is 0 Å². The summed E-state index contributed by atoms with van der Waals surface area (Å²) >= 11 is 3.43. The number of hydrogen-bond donors (Lipinski definition) is 2. The zero-order valence-corrected chi connectivity index (χ0v) is 10.6. The van der Waals surface area contributed by atoms with Crippen LogP contribution in [-0.4, -0.2) is 11.1 Å². The van der Waals surface area contributed by atoms with E-state index in [0.717, 1.165) is 20.8 Å². The quantitative estimate of drug-likeness (QED) is 0.888. The zero-order valence-electron chi connectivity index (χ0n) is 9.02. The van der Waals surface area contributed by atoms with Crippen LogP contribution in [0, 0.1) is 0 Å². The molecule has 3 heteroatoms. The molecule has 0 unspecified atom stereocenters. The zero-order chi connectivity index (χ0) is 11.7. The summed E-state index contributed by atoms with van der Waals surface area (Å²) in [5, 5.41) is 12.1. The Hall–Kier alpha value is -0.900. The molecule has 0 saturated carbocycles. The van der Waals surface area contributed by atoms with E-state index < -0.39 is 6.10 Å². The maximum absolute atomic E-state index is 9.88. The average molecular weight is 280 g/mol. The predicted octanol–water partition coefficient (Wildman–Crippen LogP) is 2.98. The molecule has 0 spiro atoms. The Balaban J connectivity index is 2.48. The molecule has 0 radical (unpaired) electrons. The Kier molecular flexibility index (Phi) is 3.28. The third-order valence-corrected chi connectivity index (χ3v) is 3.16. The fraction of sp³-hybridized carbons (Fsp3) is 0.231. The van der Waals surface area contributed by atoms with Gasteiger partial charge in [0.1, 0.15) is 0 Å². The molecule has 0 aliphatic heterocycles. The first-order chi connectivity index (χ1) is 7.58. The highest BCUT2D eigenvalue weighted by atomic mass is 79.9. The van der Waals surface area contributed by atoms with E-state index in [4.69, 9.17) is 5.73 Å². The Labute approximate surface area is 103 Å². The van der Waals surface area contributed by atoms with Gasteiger partial charge in [0.05, 0.1) is 6.10 Å². The number of hydrogen-bond acceptors (Lipinski definition) is 2. The summed E-state index contributed by atoms with van der Waals surface area (Å²) in [5.41, 5.74) is 6.54. The largest absolute Gasteiger partial charge is 0.387 e. The van der Waals surface area contributed by atoms with Gasteiger partial charge in [0, 0.05) is 10.5 Å². The van der Waals surface area contributed by atoms with Crippen LogP contribution in [-0.2, 0) is 0 Å². The maximum Gasteiger partial charge on any atom is 0.0938 e. The summed E-state index contributed by atoms with van der Waals surface area (Å²) in [6.45, 7) is 1.80. The number of aliphatic hydroxyl groups excluding tert-OH is 1. The number of halogens is 1. The molecule has 2 aromatic carbocycles. The first-order valence-electron chi connectivity index (χ1n) is 5.21. The van der Waals surface area contributed by atoms with Crippen LogP contribution >= 0.6 is 15.9 Å². The second kappa shape index (κ2) is 4.53. The van der Waals surface area contributed by atoms with Gasteiger partial charge in [0.25, 0.3) is 0 Å². The SMILES string of the molecule is C[C@@H](N)[C@@H](O)c1ccc2cc(Br)ccc2c1. The summed E-state index contributed by atoms with van der Waals surface area (Å²) in [6, 6.07) is 11.7. The molecule has 16 heavy (non-hydrogen) atoms. The lowest BCUT2D eigenvalue weighted by Crippen LogP contribution is -2.24. The number of rotatable bonds is 2. The molecule has 0 aliphatic rings. The molecule has 2 nitrogen and oxygen atoms in total. The van der Waals surface area contributed by atoms with Gasteiger partial charge < -0.3 is 10.8 Å². The minimum Gasteiger partial charge on any atom is -0.387 e. The van der Waals surface area contributed by atoms with E-state index in [1.54, 1.807) is 6.92 Å². The summed E-state index contributed by atoms with van der Waals surface area (Å²) in [6.07, 6.45) is -0.604. The monoisotopic (exact) mass is 279 g/mol. The fourth-order valence-electron chi connectivity index (χ4n) is 1.72. The molecule has 0 aliphatic carbocycles. The molecule has 0 aromatic heterocycles. The third-order valence-electron chi connectivity index (χ3n) is 2.67. The predicted molar refractivity (Wildman–Crippen MR) is 70.3 cm³/mol. The van der Waals surface area contributed by atoms with E-state index in [2.05, 4.69) is 22.0 Å². The van der Waals surface area contributed by atoms with E-state index >= 15 is 0 Å². The highest BCUT2D eigenvalue weighted by Gasteiger charge is 2.12. The number of nitrogens with two attached hydrogens (primary N) is 1. The molecule has 84 valence electrons. The first kappa shape index (κ1) is 11.6. The summed E-state index contributed by atoms with van der Waals surface area (Å²) in [7, 11) is 0. The fourth-order valence-corrected chi connectivity index (χ4v) is 2.10. The molecule has 0 saturated heterocycles. The second-order valence-corrected chi connectivity index (χ2v) is 4.97. The third kappa shape index (κ3) is 2.26. The minimum atomic E-state index is -0.604. The van der Waals surface area contributed by atoms with Gasteiger partial charge in [-0.3, -0.25) is 0 Å². The average Bonchev–Trinajstić information content (AvgIpc) is 2.27. The molecule has 2 rings (SSSR count). The Morgan fingerprint density at radius 1 is 1.12 bits per heavy atom. The number of aliphatic hydroxyl groups is 1. The van der Waals surface area contributed by atoms with Crippen LogP contribution in [0.1, 0.15) is 18.6 Å². The molecule has 2 atom stereocenters. The lowest BCUT2D eigenvalue weighted by atomic mass is 10.0. The smallest absolute Gasteiger partial charge is 0.0938 e. The minimum absolute atomic E-state index is 0.257. The van der Waals surface area contributed by atoms with Crippen LogP contribution in [0.2, 0.25) is 0 Å². The standard InChI is InChI=1S/C13H14BrNO/c1-8(15)13(16)11-3-2-10-7-12(14)5-4-9(10)6-11/h2-8,13,16H,15H2,1H3/t8-,13-/m1/s1. The molecular weight excluding hydrogens is 266 g/mol. The van der Waals surface area contributed by atoms with E-state index in [9.17, 15) is 5.11 Å². The Morgan fingerprint density at radius 2 is 1.75 bits per heavy atom. The molecule has 2 aromatic rings. The van der Waals surface area contributed by atoms with Gasteiger partial charge in [-0.25, -0.2) is 0 Å². The van der Waals surface area contributed by atoms with E-state index in [-0.39, 0.29) is 6.04 Å². The van der Waals surface area contributed by atoms with Crippen molar-refractivity contribution in [2.45, 2.75) is 19.1 Å². The van der Waals surface area contributed by atoms with Gasteiger partial charge in [-0.2, -0.15) is 0 Å². The molecule has 0 fully saturated rings. The summed E-state index contributed by atoms with van der Waals surface area (Å²) in [4.78, 5) is 0. The molecule has 0 bridgehead atoms. The van der Waals surface area contributed by atoms with Crippen molar-refractivity contribution in [1.82, 2.24) is 0 Å². The number of fused-ring (bicyclic) bond motifs is 1. The van der Waals surface area contributed by atoms with Gasteiger partial charge in [0.2, 0.25) is 0 Å². The van der Waals surface area contributed by atoms with Crippen LogP contribution in [0.4, 0.5) is 0 Å². The van der Waals surface area contributed by atoms with Crippen LogP contribution in [0.15, 0.2) is 40.9 Å². The van der Waals surface area contributed by atoms with E-state index in [1.807, 2.05) is 30.3 Å². The van der Waals surface area contributed by atoms with Gasteiger partial charge in [0.15, 0.2) is 0 Å². The lowest BCUT2D eigenvalue weighted by Gasteiger charge is -2.15. The lowest BCUT2D eigenvalue weighted by molar-refractivity contribution is 0.153. The normalized spacial score (nSPS) is 15.0. The topological polar surface area (TPSA) is 46.2 Å². The Bertz CT molecular complexity index is 510. The molecular formula is C13H14BrNO. The van der Waals surface area contributed by atoms with E-state index in [1.165, 1.54) is 0 Å². The van der Waals surface area contributed by atoms with Crippen molar-refractivity contribution >= 4 is 26.7 Å². The molecule has 0 heterocycles. The van der Waals surface area contributed by atoms with E-state index in [0.29, 0.717) is 0 Å². The number of benzene rings is 2. The van der Waals surface area contributed by atoms with Crippen molar-refractivity contribution in [1.29, 1.82) is 0 Å². The van der Waals surface area contributed by atoms with Crippen LogP contribution in [0.25, 0.3) is 10.8 Å². The van der Waals surface area contributed by atoms with Gasteiger partial charge >= 0.3 is 0 Å². The van der Waals surface area contributed by atoms with Crippen molar-refractivity contribution in [2.75, 3.05) is 0 Å². The van der Waals surface area contributed by atoms with Gasteiger partial charge in [-0.15, -0.1) is 0 Å².